The van der Waals surface area contributed by atoms with Crippen molar-refractivity contribution in [3.8, 4) is 0 Å². The SMILES string of the molecule is CC1CC1CNC1(CN)CCOC1C. The number of ether oxygens (including phenoxy) is 1. The van der Waals surface area contributed by atoms with Crippen molar-refractivity contribution in [2.24, 2.45) is 17.6 Å². The Morgan fingerprint density at radius 2 is 2.21 bits per heavy atom. The van der Waals surface area contributed by atoms with Crippen LogP contribution < -0.4 is 11.1 Å². The molecule has 2 rings (SSSR count). The molecule has 3 nitrogen and oxygen atoms in total. The Kier molecular flexibility index (Phi) is 2.82. The zero-order valence-electron chi connectivity index (χ0n) is 9.25. The van der Waals surface area contributed by atoms with E-state index in [1.54, 1.807) is 0 Å². The summed E-state index contributed by atoms with van der Waals surface area (Å²) in [5, 5.41) is 3.64. The summed E-state index contributed by atoms with van der Waals surface area (Å²) in [4.78, 5) is 0. The molecule has 3 N–H and O–H groups in total. The monoisotopic (exact) mass is 198 g/mol. The largest absolute Gasteiger partial charge is 0.376 e. The predicted molar refractivity (Wildman–Crippen MR) is 57.1 cm³/mol. The highest BCUT2D eigenvalue weighted by atomic mass is 16.5. The maximum atomic E-state index is 5.86. The Labute approximate surface area is 86.4 Å². The van der Waals surface area contributed by atoms with Crippen molar-refractivity contribution in [3.05, 3.63) is 0 Å². The van der Waals surface area contributed by atoms with Gasteiger partial charge in [0, 0.05) is 13.2 Å². The third-order valence-electron chi connectivity index (χ3n) is 4.05. The van der Waals surface area contributed by atoms with E-state index in [0.717, 1.165) is 31.4 Å². The third-order valence-corrected chi connectivity index (χ3v) is 4.05. The van der Waals surface area contributed by atoms with E-state index in [-0.39, 0.29) is 11.6 Å². The quantitative estimate of drug-likeness (QED) is 0.700. The molecule has 14 heavy (non-hydrogen) atoms. The molecule has 0 aromatic heterocycles. The number of nitrogens with two attached hydrogens (primary N) is 1. The van der Waals surface area contributed by atoms with Gasteiger partial charge in [-0.1, -0.05) is 6.92 Å². The van der Waals surface area contributed by atoms with Gasteiger partial charge < -0.3 is 15.8 Å². The lowest BCUT2D eigenvalue weighted by molar-refractivity contribution is 0.0849. The second-order valence-corrected chi connectivity index (χ2v) is 4.98. The average Bonchev–Trinajstić information content (AvgIpc) is 2.75. The molecule has 0 bridgehead atoms. The van der Waals surface area contributed by atoms with Gasteiger partial charge in [0.15, 0.2) is 0 Å². The van der Waals surface area contributed by atoms with Gasteiger partial charge in [-0.3, -0.25) is 0 Å². The summed E-state index contributed by atoms with van der Waals surface area (Å²) >= 11 is 0. The van der Waals surface area contributed by atoms with Crippen LogP contribution >= 0.6 is 0 Å². The summed E-state index contributed by atoms with van der Waals surface area (Å²) in [5.41, 5.74) is 5.92. The van der Waals surface area contributed by atoms with Crippen LogP contribution in [0.2, 0.25) is 0 Å². The minimum atomic E-state index is 0.0578. The van der Waals surface area contributed by atoms with Crippen molar-refractivity contribution in [2.45, 2.75) is 38.3 Å². The van der Waals surface area contributed by atoms with E-state index < -0.39 is 0 Å². The Morgan fingerprint density at radius 1 is 1.50 bits per heavy atom. The minimum Gasteiger partial charge on any atom is -0.376 e. The average molecular weight is 198 g/mol. The summed E-state index contributed by atoms with van der Waals surface area (Å²) in [5.74, 6) is 1.79. The molecule has 2 fully saturated rings. The van der Waals surface area contributed by atoms with E-state index in [1.807, 2.05) is 0 Å². The first kappa shape index (κ1) is 10.4. The van der Waals surface area contributed by atoms with E-state index in [2.05, 4.69) is 19.2 Å². The lowest BCUT2D eigenvalue weighted by Gasteiger charge is -2.32. The van der Waals surface area contributed by atoms with E-state index in [4.69, 9.17) is 10.5 Å². The van der Waals surface area contributed by atoms with Crippen LogP contribution in [0.4, 0.5) is 0 Å². The third kappa shape index (κ3) is 1.81. The number of nitrogens with one attached hydrogen (secondary N) is 1. The van der Waals surface area contributed by atoms with Gasteiger partial charge in [0.2, 0.25) is 0 Å². The maximum absolute atomic E-state index is 5.86. The summed E-state index contributed by atoms with van der Waals surface area (Å²) in [6.07, 6.45) is 2.70. The Balaban J connectivity index is 1.85. The molecule has 3 heteroatoms. The van der Waals surface area contributed by atoms with Crippen LogP contribution in [0.1, 0.15) is 26.7 Å². The van der Waals surface area contributed by atoms with Crippen LogP contribution in [0.5, 0.6) is 0 Å². The van der Waals surface area contributed by atoms with Crippen molar-refractivity contribution in [2.75, 3.05) is 19.7 Å². The fourth-order valence-electron chi connectivity index (χ4n) is 2.37. The van der Waals surface area contributed by atoms with Crippen molar-refractivity contribution in [1.82, 2.24) is 5.32 Å². The summed E-state index contributed by atoms with van der Waals surface area (Å²) in [6.45, 7) is 7.10. The lowest BCUT2D eigenvalue weighted by Crippen LogP contribution is -2.56. The molecule has 2 aliphatic rings. The fraction of sp³-hybridized carbons (Fsp3) is 1.00. The molecule has 1 saturated heterocycles. The van der Waals surface area contributed by atoms with Crippen molar-refractivity contribution in [3.63, 3.8) is 0 Å². The second-order valence-electron chi connectivity index (χ2n) is 4.98. The van der Waals surface area contributed by atoms with Crippen LogP contribution in [-0.4, -0.2) is 31.3 Å². The van der Waals surface area contributed by atoms with Gasteiger partial charge in [0.05, 0.1) is 11.6 Å². The summed E-state index contributed by atoms with van der Waals surface area (Å²) in [6, 6.07) is 0. The first-order chi connectivity index (χ1) is 6.68. The first-order valence-corrected chi connectivity index (χ1v) is 5.74. The van der Waals surface area contributed by atoms with E-state index >= 15 is 0 Å². The highest BCUT2D eigenvalue weighted by molar-refractivity contribution is 5.00. The molecule has 0 aromatic rings. The molecular formula is C11H22N2O. The zero-order valence-corrected chi connectivity index (χ0v) is 9.25. The predicted octanol–water partition coefficient (Wildman–Crippen LogP) is 0.738. The molecule has 0 spiro atoms. The van der Waals surface area contributed by atoms with Gasteiger partial charge in [0.1, 0.15) is 0 Å². The molecule has 1 aliphatic heterocycles. The van der Waals surface area contributed by atoms with Gasteiger partial charge in [-0.15, -0.1) is 0 Å². The molecular weight excluding hydrogens is 176 g/mol. The standard InChI is InChI=1S/C11H22N2O/c1-8-5-10(8)6-13-11(7-12)3-4-14-9(11)2/h8-10,13H,3-7,12H2,1-2H3. The Bertz CT molecular complexity index is 209. The molecule has 4 atom stereocenters. The summed E-state index contributed by atoms with van der Waals surface area (Å²) < 4.78 is 5.60. The molecule has 82 valence electrons. The Hall–Kier alpha value is -0.120. The number of hydrogen-bond acceptors (Lipinski definition) is 3. The van der Waals surface area contributed by atoms with Crippen molar-refractivity contribution >= 4 is 0 Å². The van der Waals surface area contributed by atoms with Gasteiger partial charge in [-0.05, 0) is 38.1 Å². The van der Waals surface area contributed by atoms with Crippen LogP contribution in [0, 0.1) is 11.8 Å². The van der Waals surface area contributed by atoms with Gasteiger partial charge in [-0.2, -0.15) is 0 Å². The van der Waals surface area contributed by atoms with E-state index in [9.17, 15) is 0 Å². The molecule has 0 aromatic carbocycles. The lowest BCUT2D eigenvalue weighted by atomic mass is 9.92. The van der Waals surface area contributed by atoms with Gasteiger partial charge >= 0.3 is 0 Å². The van der Waals surface area contributed by atoms with Crippen molar-refractivity contribution < 1.29 is 4.74 Å². The number of hydrogen-bond donors (Lipinski definition) is 2. The Morgan fingerprint density at radius 3 is 2.64 bits per heavy atom. The van der Waals surface area contributed by atoms with Crippen LogP contribution in [0.25, 0.3) is 0 Å². The maximum Gasteiger partial charge on any atom is 0.0741 e. The molecule has 0 radical (unpaired) electrons. The molecule has 1 aliphatic carbocycles. The molecule has 0 amide bonds. The minimum absolute atomic E-state index is 0.0578. The highest BCUT2D eigenvalue weighted by Crippen LogP contribution is 2.37. The van der Waals surface area contributed by atoms with Gasteiger partial charge in [0.25, 0.3) is 0 Å². The van der Waals surface area contributed by atoms with Crippen LogP contribution in [0.3, 0.4) is 0 Å². The fourth-order valence-corrected chi connectivity index (χ4v) is 2.37. The zero-order chi connectivity index (χ0) is 10.2. The van der Waals surface area contributed by atoms with Gasteiger partial charge in [-0.25, -0.2) is 0 Å². The van der Waals surface area contributed by atoms with Crippen LogP contribution in [-0.2, 0) is 4.74 Å². The highest BCUT2D eigenvalue weighted by Gasteiger charge is 2.42. The first-order valence-electron chi connectivity index (χ1n) is 5.74. The second kappa shape index (κ2) is 3.80. The number of rotatable bonds is 4. The topological polar surface area (TPSA) is 47.3 Å². The van der Waals surface area contributed by atoms with E-state index in [1.165, 1.54) is 6.42 Å². The normalized spacial score (nSPS) is 46.9. The van der Waals surface area contributed by atoms with E-state index in [0.29, 0.717) is 6.54 Å². The smallest absolute Gasteiger partial charge is 0.0741 e. The molecule has 4 unspecified atom stereocenters. The van der Waals surface area contributed by atoms with Crippen molar-refractivity contribution in [1.29, 1.82) is 0 Å². The molecule has 1 heterocycles. The summed E-state index contributed by atoms with van der Waals surface area (Å²) in [7, 11) is 0. The molecule has 1 saturated carbocycles. The van der Waals surface area contributed by atoms with Crippen LogP contribution in [0.15, 0.2) is 0 Å².